The van der Waals surface area contributed by atoms with Gasteiger partial charge in [-0.3, -0.25) is 0 Å². The molecule has 2 N–H and O–H groups in total. The average Bonchev–Trinajstić information content (AvgIpc) is 2.40. The largest absolute Gasteiger partial charge is 0.507 e. The molecule has 4 nitrogen and oxygen atoms in total. The van der Waals surface area contributed by atoms with Crippen molar-refractivity contribution in [2.75, 3.05) is 0 Å². The molecule has 0 aliphatic heterocycles. The molecule has 0 saturated heterocycles. The molecule has 0 fully saturated rings. The molecule has 0 saturated carbocycles. The number of halogens is 2. The van der Waals surface area contributed by atoms with E-state index < -0.39 is 34.0 Å². The van der Waals surface area contributed by atoms with Crippen molar-refractivity contribution < 1.29 is 22.3 Å². The van der Waals surface area contributed by atoms with Gasteiger partial charge in [-0.2, -0.15) is 0 Å². The number of benzene rings is 2. The fourth-order valence-electron chi connectivity index (χ4n) is 1.61. The minimum Gasteiger partial charge on any atom is -0.507 e. The highest BCUT2D eigenvalue weighted by Gasteiger charge is 2.18. The lowest BCUT2D eigenvalue weighted by atomic mass is 10.2. The monoisotopic (exact) mass is 299 g/mol. The number of sulfonamides is 1. The molecule has 2 aromatic carbocycles. The van der Waals surface area contributed by atoms with Crippen LogP contribution < -0.4 is 4.72 Å². The SMILES string of the molecule is O=S(=O)(NCc1cc(F)ccc1F)c1ccccc1O. The quantitative estimate of drug-likeness (QED) is 0.909. The first-order valence-electron chi connectivity index (χ1n) is 5.62. The van der Waals surface area contributed by atoms with Crippen LogP contribution in [-0.4, -0.2) is 13.5 Å². The van der Waals surface area contributed by atoms with E-state index in [9.17, 15) is 22.3 Å². The van der Waals surface area contributed by atoms with Gasteiger partial charge in [-0.05, 0) is 30.3 Å². The van der Waals surface area contributed by atoms with Crippen molar-refractivity contribution in [2.24, 2.45) is 0 Å². The summed E-state index contributed by atoms with van der Waals surface area (Å²) in [7, 11) is -4.01. The Bertz CT molecular complexity index is 732. The molecule has 0 spiro atoms. The van der Waals surface area contributed by atoms with Crippen LogP contribution in [0.5, 0.6) is 5.75 Å². The van der Waals surface area contributed by atoms with Gasteiger partial charge >= 0.3 is 0 Å². The zero-order valence-electron chi connectivity index (χ0n) is 10.2. The Morgan fingerprint density at radius 1 is 1.10 bits per heavy atom. The summed E-state index contributed by atoms with van der Waals surface area (Å²) in [4.78, 5) is -0.322. The minimum atomic E-state index is -4.01. The van der Waals surface area contributed by atoms with Crippen LogP contribution in [0.1, 0.15) is 5.56 Å². The van der Waals surface area contributed by atoms with Crippen LogP contribution in [0.3, 0.4) is 0 Å². The van der Waals surface area contributed by atoms with Gasteiger partial charge in [0.05, 0.1) is 0 Å². The molecule has 7 heteroatoms. The maximum Gasteiger partial charge on any atom is 0.244 e. The van der Waals surface area contributed by atoms with E-state index in [1.54, 1.807) is 0 Å². The standard InChI is InChI=1S/C13H11F2NO3S/c14-10-5-6-11(15)9(7-10)8-16-20(18,19)13-4-2-1-3-12(13)17/h1-7,16-17H,8H2. The summed E-state index contributed by atoms with van der Waals surface area (Å²) < 4.78 is 52.3. The lowest BCUT2D eigenvalue weighted by Crippen LogP contribution is -2.23. The number of hydrogen-bond acceptors (Lipinski definition) is 3. The summed E-state index contributed by atoms with van der Waals surface area (Å²) in [6.07, 6.45) is 0. The number of hydrogen-bond donors (Lipinski definition) is 2. The molecule has 0 atom stereocenters. The third-order valence-corrected chi connectivity index (χ3v) is 4.06. The predicted molar refractivity (Wildman–Crippen MR) is 68.5 cm³/mol. The molecule has 2 rings (SSSR count). The lowest BCUT2D eigenvalue weighted by molar-refractivity contribution is 0.458. The van der Waals surface area contributed by atoms with Crippen LogP contribution in [0, 0.1) is 11.6 Å². The molecule has 0 aliphatic carbocycles. The Labute approximate surface area is 114 Å². The summed E-state index contributed by atoms with van der Waals surface area (Å²) in [6.45, 7) is -0.416. The van der Waals surface area contributed by atoms with E-state index in [0.717, 1.165) is 18.2 Å². The van der Waals surface area contributed by atoms with Gasteiger partial charge in [0.15, 0.2) is 0 Å². The maximum absolute atomic E-state index is 13.4. The van der Waals surface area contributed by atoms with Gasteiger partial charge in [-0.1, -0.05) is 12.1 Å². The summed E-state index contributed by atoms with van der Waals surface area (Å²) in [6, 6.07) is 8.10. The third kappa shape index (κ3) is 3.12. The van der Waals surface area contributed by atoms with E-state index in [1.165, 1.54) is 24.3 Å². The minimum absolute atomic E-state index is 0.121. The van der Waals surface area contributed by atoms with Crippen LogP contribution in [0.25, 0.3) is 0 Å². The Balaban J connectivity index is 2.22. The molecule has 106 valence electrons. The van der Waals surface area contributed by atoms with Crippen molar-refractivity contribution in [2.45, 2.75) is 11.4 Å². The molecule has 0 amide bonds. The first-order valence-corrected chi connectivity index (χ1v) is 7.10. The van der Waals surface area contributed by atoms with Crippen molar-refractivity contribution in [1.29, 1.82) is 0 Å². The van der Waals surface area contributed by atoms with Gasteiger partial charge in [-0.25, -0.2) is 21.9 Å². The molecule has 0 bridgehead atoms. The molecular formula is C13H11F2NO3S. The fraction of sp³-hybridized carbons (Fsp3) is 0.0769. The van der Waals surface area contributed by atoms with Crippen molar-refractivity contribution in [3.8, 4) is 5.75 Å². The zero-order valence-corrected chi connectivity index (χ0v) is 11.0. The van der Waals surface area contributed by atoms with Crippen molar-refractivity contribution in [1.82, 2.24) is 4.72 Å². The van der Waals surface area contributed by atoms with Crippen LogP contribution >= 0.6 is 0 Å². The Morgan fingerprint density at radius 3 is 2.50 bits per heavy atom. The van der Waals surface area contributed by atoms with Gasteiger partial charge < -0.3 is 5.11 Å². The number of rotatable bonds is 4. The first-order chi connectivity index (χ1) is 9.40. The number of para-hydroxylation sites is 1. The molecular weight excluding hydrogens is 288 g/mol. The van der Waals surface area contributed by atoms with Crippen LogP contribution in [-0.2, 0) is 16.6 Å². The number of aromatic hydroxyl groups is 1. The van der Waals surface area contributed by atoms with E-state index in [1.807, 2.05) is 0 Å². The second-order valence-corrected chi connectivity index (χ2v) is 5.76. The van der Waals surface area contributed by atoms with Gasteiger partial charge in [-0.15, -0.1) is 0 Å². The molecule has 0 aliphatic rings. The highest BCUT2D eigenvalue weighted by Crippen LogP contribution is 2.21. The van der Waals surface area contributed by atoms with E-state index in [0.29, 0.717) is 0 Å². The highest BCUT2D eigenvalue weighted by molar-refractivity contribution is 7.89. The van der Waals surface area contributed by atoms with Crippen LogP contribution in [0.2, 0.25) is 0 Å². The Hall–Kier alpha value is -1.99. The van der Waals surface area contributed by atoms with Crippen LogP contribution in [0.15, 0.2) is 47.4 Å². The smallest absolute Gasteiger partial charge is 0.244 e. The fourth-order valence-corrected chi connectivity index (χ4v) is 2.72. The number of nitrogens with one attached hydrogen (secondary N) is 1. The molecule has 0 heterocycles. The van der Waals surface area contributed by atoms with Crippen LogP contribution in [0.4, 0.5) is 8.78 Å². The molecule has 0 aromatic heterocycles. The van der Waals surface area contributed by atoms with Crippen molar-refractivity contribution >= 4 is 10.0 Å². The second kappa shape index (κ2) is 5.56. The van der Waals surface area contributed by atoms with E-state index in [2.05, 4.69) is 4.72 Å². The van der Waals surface area contributed by atoms with E-state index in [4.69, 9.17) is 0 Å². The van der Waals surface area contributed by atoms with Crippen molar-refractivity contribution in [3.63, 3.8) is 0 Å². The molecule has 0 radical (unpaired) electrons. The Kier molecular flexibility index (Phi) is 4.01. The predicted octanol–water partition coefficient (Wildman–Crippen LogP) is 2.15. The topological polar surface area (TPSA) is 66.4 Å². The highest BCUT2D eigenvalue weighted by atomic mass is 32.2. The summed E-state index contributed by atoms with van der Waals surface area (Å²) in [5.74, 6) is -1.80. The number of phenols is 1. The van der Waals surface area contributed by atoms with Gasteiger partial charge in [0, 0.05) is 12.1 Å². The van der Waals surface area contributed by atoms with E-state index >= 15 is 0 Å². The number of phenolic OH excluding ortho intramolecular Hbond substituents is 1. The normalized spacial score (nSPS) is 11.5. The summed E-state index contributed by atoms with van der Waals surface area (Å²) in [5.41, 5.74) is -0.121. The Morgan fingerprint density at radius 2 is 1.80 bits per heavy atom. The van der Waals surface area contributed by atoms with Gasteiger partial charge in [0.2, 0.25) is 10.0 Å². The van der Waals surface area contributed by atoms with E-state index in [-0.39, 0.29) is 10.5 Å². The van der Waals surface area contributed by atoms with Gasteiger partial charge in [0.1, 0.15) is 22.3 Å². The first kappa shape index (κ1) is 14.4. The van der Waals surface area contributed by atoms with Crippen molar-refractivity contribution in [3.05, 3.63) is 59.7 Å². The third-order valence-electron chi connectivity index (χ3n) is 2.62. The van der Waals surface area contributed by atoms with Gasteiger partial charge in [0.25, 0.3) is 0 Å². The lowest BCUT2D eigenvalue weighted by Gasteiger charge is -2.09. The molecule has 20 heavy (non-hydrogen) atoms. The maximum atomic E-state index is 13.4. The molecule has 2 aromatic rings. The zero-order chi connectivity index (χ0) is 14.8. The second-order valence-electron chi connectivity index (χ2n) is 4.03. The summed E-state index contributed by atoms with van der Waals surface area (Å²) in [5, 5.41) is 9.49. The average molecular weight is 299 g/mol. The summed E-state index contributed by atoms with van der Waals surface area (Å²) >= 11 is 0. The molecule has 0 unspecified atom stereocenters.